The lowest BCUT2D eigenvalue weighted by atomic mass is 10.5. The van der Waals surface area contributed by atoms with Gasteiger partial charge < -0.3 is 4.57 Å². The fourth-order valence-corrected chi connectivity index (χ4v) is 0.987. The Balaban J connectivity index is 3.16. The molecule has 0 saturated heterocycles. The van der Waals surface area contributed by atoms with E-state index in [1.54, 1.807) is 24.0 Å². The van der Waals surface area contributed by atoms with Crippen LogP contribution in [0, 0.1) is 0 Å². The van der Waals surface area contributed by atoms with Gasteiger partial charge in [0.2, 0.25) is 5.82 Å². The van der Waals surface area contributed by atoms with Crippen molar-refractivity contribution in [3.63, 3.8) is 0 Å². The summed E-state index contributed by atoms with van der Waals surface area (Å²) in [7, 11) is 3.13. The van der Waals surface area contributed by atoms with Gasteiger partial charge in [-0.3, -0.25) is 9.63 Å². The highest BCUT2D eigenvalue weighted by Crippen LogP contribution is 1.99. The SMILES string of the molecule is CCn1ccnc(N(C)OC)c1=O. The Labute approximate surface area is 76.5 Å². The van der Waals surface area contributed by atoms with Gasteiger partial charge in [-0.2, -0.15) is 0 Å². The first kappa shape index (κ1) is 9.73. The second-order valence-corrected chi connectivity index (χ2v) is 2.52. The molecule has 0 N–H and O–H groups in total. The molecule has 5 nitrogen and oxygen atoms in total. The minimum atomic E-state index is -0.144. The molecule has 0 aliphatic heterocycles. The lowest BCUT2D eigenvalue weighted by Crippen LogP contribution is -2.29. The summed E-state index contributed by atoms with van der Waals surface area (Å²) in [4.78, 5) is 20.4. The Kier molecular flexibility index (Phi) is 3.02. The lowest BCUT2D eigenvalue weighted by Gasteiger charge is -2.14. The van der Waals surface area contributed by atoms with E-state index in [4.69, 9.17) is 4.84 Å². The average molecular weight is 183 g/mol. The predicted octanol–water partition coefficient (Wildman–Crippen LogP) is 0.261. The summed E-state index contributed by atoms with van der Waals surface area (Å²) >= 11 is 0. The molecular formula is C8H13N3O2. The van der Waals surface area contributed by atoms with Gasteiger partial charge in [-0.25, -0.2) is 10.0 Å². The van der Waals surface area contributed by atoms with Crippen LogP contribution < -0.4 is 10.6 Å². The fraction of sp³-hybridized carbons (Fsp3) is 0.500. The van der Waals surface area contributed by atoms with Gasteiger partial charge in [0, 0.05) is 26.0 Å². The van der Waals surface area contributed by atoms with Gasteiger partial charge in [0.25, 0.3) is 5.56 Å². The number of aromatic nitrogens is 2. The molecule has 0 spiro atoms. The van der Waals surface area contributed by atoms with Crippen molar-refractivity contribution in [3.8, 4) is 0 Å². The minimum Gasteiger partial charge on any atom is -0.311 e. The lowest BCUT2D eigenvalue weighted by molar-refractivity contribution is 0.181. The average Bonchev–Trinajstić information content (AvgIpc) is 2.17. The molecule has 0 aliphatic carbocycles. The largest absolute Gasteiger partial charge is 0.311 e. The first-order chi connectivity index (χ1) is 6.20. The normalized spacial score (nSPS) is 10.1. The molecule has 0 fully saturated rings. The summed E-state index contributed by atoms with van der Waals surface area (Å²) in [5.74, 6) is 0.298. The maximum atomic E-state index is 11.6. The van der Waals surface area contributed by atoms with E-state index in [9.17, 15) is 4.79 Å². The highest BCUT2D eigenvalue weighted by molar-refractivity contribution is 5.30. The second kappa shape index (κ2) is 4.04. The van der Waals surface area contributed by atoms with E-state index in [1.165, 1.54) is 12.2 Å². The number of hydroxylamine groups is 1. The first-order valence-corrected chi connectivity index (χ1v) is 4.04. The highest BCUT2D eigenvalue weighted by Gasteiger charge is 2.07. The van der Waals surface area contributed by atoms with Crippen molar-refractivity contribution in [2.24, 2.45) is 0 Å². The van der Waals surface area contributed by atoms with Gasteiger partial charge in [-0.1, -0.05) is 0 Å². The molecule has 0 amide bonds. The molecule has 0 radical (unpaired) electrons. The first-order valence-electron chi connectivity index (χ1n) is 4.04. The van der Waals surface area contributed by atoms with Crippen LogP contribution in [0.3, 0.4) is 0 Å². The fourth-order valence-electron chi connectivity index (χ4n) is 0.987. The van der Waals surface area contributed by atoms with Crippen molar-refractivity contribution in [2.75, 3.05) is 19.2 Å². The Morgan fingerprint density at radius 2 is 2.38 bits per heavy atom. The standard InChI is InChI=1S/C8H13N3O2/c1-4-11-6-5-9-7(8(11)12)10(2)13-3/h5-6H,4H2,1-3H3. The number of rotatable bonds is 3. The van der Waals surface area contributed by atoms with Crippen molar-refractivity contribution in [3.05, 3.63) is 22.7 Å². The molecule has 0 aromatic carbocycles. The van der Waals surface area contributed by atoms with Crippen LogP contribution in [-0.4, -0.2) is 23.7 Å². The van der Waals surface area contributed by atoms with Gasteiger partial charge in [-0.15, -0.1) is 0 Å². The molecule has 1 rings (SSSR count). The van der Waals surface area contributed by atoms with Gasteiger partial charge >= 0.3 is 0 Å². The topological polar surface area (TPSA) is 47.4 Å². The summed E-state index contributed by atoms with van der Waals surface area (Å²) in [6, 6.07) is 0. The van der Waals surface area contributed by atoms with Gasteiger partial charge in [0.05, 0.1) is 7.11 Å². The summed E-state index contributed by atoms with van der Waals surface area (Å²) in [5, 5.41) is 1.34. The van der Waals surface area contributed by atoms with E-state index in [2.05, 4.69) is 4.98 Å². The molecule has 1 heterocycles. The number of anilines is 1. The minimum absolute atomic E-state index is 0.144. The van der Waals surface area contributed by atoms with Crippen LogP contribution in [0.1, 0.15) is 6.92 Å². The van der Waals surface area contributed by atoms with Crippen LogP contribution >= 0.6 is 0 Å². The van der Waals surface area contributed by atoms with E-state index in [1.807, 2.05) is 6.92 Å². The molecule has 5 heteroatoms. The zero-order chi connectivity index (χ0) is 9.84. The monoisotopic (exact) mass is 183 g/mol. The molecule has 0 saturated carbocycles. The third-order valence-electron chi connectivity index (χ3n) is 1.81. The van der Waals surface area contributed by atoms with Crippen LogP contribution in [0.2, 0.25) is 0 Å². The molecule has 0 atom stereocenters. The van der Waals surface area contributed by atoms with Crippen LogP contribution in [-0.2, 0) is 11.4 Å². The van der Waals surface area contributed by atoms with Crippen molar-refractivity contribution >= 4 is 5.82 Å². The third kappa shape index (κ3) is 1.86. The Morgan fingerprint density at radius 3 is 2.92 bits per heavy atom. The molecule has 1 aromatic heterocycles. The smallest absolute Gasteiger partial charge is 0.295 e. The molecule has 0 unspecified atom stereocenters. The Bertz CT molecular complexity index is 334. The van der Waals surface area contributed by atoms with Gasteiger partial charge in [-0.05, 0) is 6.92 Å². The molecule has 0 bridgehead atoms. The zero-order valence-electron chi connectivity index (χ0n) is 8.02. The summed E-state index contributed by atoms with van der Waals surface area (Å²) in [6.45, 7) is 2.53. The quantitative estimate of drug-likeness (QED) is 0.631. The molecule has 0 aliphatic rings. The summed E-state index contributed by atoms with van der Waals surface area (Å²) in [5.41, 5.74) is -0.144. The van der Waals surface area contributed by atoms with Crippen LogP contribution in [0.5, 0.6) is 0 Å². The predicted molar refractivity (Wildman–Crippen MR) is 49.6 cm³/mol. The summed E-state index contributed by atoms with van der Waals surface area (Å²) < 4.78 is 1.57. The number of hydrogen-bond donors (Lipinski definition) is 0. The van der Waals surface area contributed by atoms with Gasteiger partial charge in [0.1, 0.15) is 0 Å². The van der Waals surface area contributed by atoms with Crippen molar-refractivity contribution in [1.29, 1.82) is 0 Å². The Morgan fingerprint density at radius 1 is 1.69 bits per heavy atom. The van der Waals surface area contributed by atoms with Gasteiger partial charge in [0.15, 0.2) is 0 Å². The number of nitrogens with zero attached hydrogens (tertiary/aromatic N) is 3. The van der Waals surface area contributed by atoms with Crippen LogP contribution in [0.4, 0.5) is 5.82 Å². The van der Waals surface area contributed by atoms with Crippen LogP contribution in [0.15, 0.2) is 17.2 Å². The second-order valence-electron chi connectivity index (χ2n) is 2.52. The zero-order valence-corrected chi connectivity index (χ0v) is 8.02. The van der Waals surface area contributed by atoms with E-state index in [0.29, 0.717) is 12.4 Å². The van der Waals surface area contributed by atoms with E-state index < -0.39 is 0 Å². The van der Waals surface area contributed by atoms with Crippen molar-refractivity contribution < 1.29 is 4.84 Å². The molecule has 13 heavy (non-hydrogen) atoms. The third-order valence-corrected chi connectivity index (χ3v) is 1.81. The van der Waals surface area contributed by atoms with E-state index >= 15 is 0 Å². The summed E-state index contributed by atoms with van der Waals surface area (Å²) in [6.07, 6.45) is 3.23. The Hall–Kier alpha value is -1.36. The number of hydrogen-bond acceptors (Lipinski definition) is 4. The maximum absolute atomic E-state index is 11.6. The van der Waals surface area contributed by atoms with Crippen molar-refractivity contribution in [1.82, 2.24) is 9.55 Å². The number of aryl methyl sites for hydroxylation is 1. The highest BCUT2D eigenvalue weighted by atomic mass is 16.7. The van der Waals surface area contributed by atoms with E-state index in [-0.39, 0.29) is 5.56 Å². The molecular weight excluding hydrogens is 170 g/mol. The van der Waals surface area contributed by atoms with Crippen molar-refractivity contribution in [2.45, 2.75) is 13.5 Å². The maximum Gasteiger partial charge on any atom is 0.295 e. The van der Waals surface area contributed by atoms with Crippen LogP contribution in [0.25, 0.3) is 0 Å². The molecule has 72 valence electrons. The van der Waals surface area contributed by atoms with E-state index in [0.717, 1.165) is 0 Å². The molecule has 1 aromatic rings.